The number of hydrogen-bond acceptors (Lipinski definition) is 5. The number of aromatic nitrogens is 2. The van der Waals surface area contributed by atoms with E-state index in [2.05, 4.69) is 10.1 Å². The maximum absolute atomic E-state index is 5.92. The third-order valence-electron chi connectivity index (χ3n) is 3.36. The van der Waals surface area contributed by atoms with Crippen molar-refractivity contribution in [2.24, 2.45) is 0 Å². The first-order chi connectivity index (χ1) is 9.33. The highest BCUT2D eigenvalue weighted by Crippen LogP contribution is 2.38. The van der Waals surface area contributed by atoms with Gasteiger partial charge in [-0.1, -0.05) is 23.4 Å². The lowest BCUT2D eigenvalue weighted by atomic mass is 10.1. The molecular weight excluding hydrogens is 258 g/mol. The highest BCUT2D eigenvalue weighted by atomic mass is 32.2. The lowest BCUT2D eigenvalue weighted by Crippen LogP contribution is -1.97. The Morgan fingerprint density at radius 1 is 1.32 bits per heavy atom. The van der Waals surface area contributed by atoms with Crippen LogP contribution in [0.4, 0.5) is 5.69 Å². The zero-order valence-corrected chi connectivity index (χ0v) is 11.5. The van der Waals surface area contributed by atoms with Gasteiger partial charge in [0.15, 0.2) is 5.82 Å². The average molecular weight is 275 g/mol. The predicted molar refractivity (Wildman–Crippen MR) is 77.0 cm³/mol. The van der Waals surface area contributed by atoms with Gasteiger partial charge in [0.1, 0.15) is 0 Å². The molecular formula is C14H17N3OS. The number of nitrogens with two attached hydrogens (primary N) is 1. The van der Waals surface area contributed by atoms with Crippen LogP contribution in [-0.4, -0.2) is 15.9 Å². The first kappa shape index (κ1) is 12.5. The normalized spacial score (nSPS) is 18.8. The molecule has 1 saturated heterocycles. The quantitative estimate of drug-likeness (QED) is 0.869. The number of aryl methyl sites for hydroxylation is 2. The second-order valence-electron chi connectivity index (χ2n) is 4.75. The van der Waals surface area contributed by atoms with E-state index in [0.29, 0.717) is 11.1 Å². The topological polar surface area (TPSA) is 64.9 Å². The van der Waals surface area contributed by atoms with Crippen LogP contribution >= 0.6 is 11.8 Å². The van der Waals surface area contributed by atoms with Crippen LogP contribution in [0.2, 0.25) is 0 Å². The van der Waals surface area contributed by atoms with E-state index in [1.165, 1.54) is 12.2 Å². The molecule has 0 aliphatic carbocycles. The van der Waals surface area contributed by atoms with E-state index in [1.54, 1.807) is 0 Å². The molecule has 100 valence electrons. The molecule has 1 aliphatic rings. The largest absolute Gasteiger partial charge is 0.399 e. The zero-order chi connectivity index (χ0) is 13.1. The fourth-order valence-corrected chi connectivity index (χ4v) is 3.48. The van der Waals surface area contributed by atoms with Crippen molar-refractivity contribution in [3.05, 3.63) is 41.5 Å². The van der Waals surface area contributed by atoms with Crippen LogP contribution in [0.15, 0.2) is 28.8 Å². The van der Waals surface area contributed by atoms with Crippen molar-refractivity contribution < 1.29 is 4.52 Å². The summed E-state index contributed by atoms with van der Waals surface area (Å²) in [5.74, 6) is 2.78. The number of hydrogen-bond donors (Lipinski definition) is 1. The third kappa shape index (κ3) is 2.92. The van der Waals surface area contributed by atoms with Gasteiger partial charge in [-0.25, -0.2) is 0 Å². The number of benzene rings is 1. The monoisotopic (exact) mass is 275 g/mol. The van der Waals surface area contributed by atoms with Crippen LogP contribution in [0.25, 0.3) is 0 Å². The fourth-order valence-electron chi connectivity index (χ4n) is 2.29. The number of anilines is 1. The number of rotatable bonds is 4. The molecule has 0 saturated carbocycles. The van der Waals surface area contributed by atoms with Crippen molar-refractivity contribution >= 4 is 17.4 Å². The smallest absolute Gasteiger partial charge is 0.227 e. The Morgan fingerprint density at radius 3 is 3.00 bits per heavy atom. The van der Waals surface area contributed by atoms with E-state index >= 15 is 0 Å². The van der Waals surface area contributed by atoms with Crippen LogP contribution in [0.5, 0.6) is 0 Å². The standard InChI is InChI=1S/C14H17N3OS/c15-11-5-2-1-4-10(11)7-8-13-16-14(17-18-13)12-6-3-9-19-12/h1-2,4-5,12H,3,6-9,15H2. The molecule has 2 aromatic rings. The van der Waals surface area contributed by atoms with E-state index in [1.807, 2.05) is 36.0 Å². The molecule has 1 fully saturated rings. The minimum Gasteiger partial charge on any atom is -0.399 e. The summed E-state index contributed by atoms with van der Waals surface area (Å²) in [5.41, 5.74) is 7.88. The van der Waals surface area contributed by atoms with Gasteiger partial charge in [0, 0.05) is 12.1 Å². The molecule has 1 unspecified atom stereocenters. The lowest BCUT2D eigenvalue weighted by Gasteiger charge is -2.02. The molecule has 2 N–H and O–H groups in total. The van der Waals surface area contributed by atoms with Gasteiger partial charge in [0.25, 0.3) is 0 Å². The van der Waals surface area contributed by atoms with Crippen molar-refractivity contribution in [2.45, 2.75) is 30.9 Å². The van der Waals surface area contributed by atoms with Crippen molar-refractivity contribution in [1.29, 1.82) is 0 Å². The van der Waals surface area contributed by atoms with E-state index < -0.39 is 0 Å². The minimum atomic E-state index is 0.430. The van der Waals surface area contributed by atoms with Gasteiger partial charge in [0.2, 0.25) is 5.89 Å². The van der Waals surface area contributed by atoms with Crippen LogP contribution in [-0.2, 0) is 12.8 Å². The van der Waals surface area contributed by atoms with E-state index in [4.69, 9.17) is 10.3 Å². The first-order valence-electron chi connectivity index (χ1n) is 6.60. The molecule has 1 aliphatic heterocycles. The fraction of sp³-hybridized carbons (Fsp3) is 0.429. The molecule has 3 rings (SSSR count). The Hall–Kier alpha value is -1.49. The maximum atomic E-state index is 5.92. The predicted octanol–water partition coefficient (Wildman–Crippen LogP) is 3.01. The summed E-state index contributed by atoms with van der Waals surface area (Å²) >= 11 is 1.92. The molecule has 0 bridgehead atoms. The van der Waals surface area contributed by atoms with Crippen LogP contribution in [0, 0.1) is 0 Å². The number of nitrogens with zero attached hydrogens (tertiary/aromatic N) is 2. The minimum absolute atomic E-state index is 0.430. The van der Waals surface area contributed by atoms with E-state index in [-0.39, 0.29) is 0 Å². The van der Waals surface area contributed by atoms with Gasteiger partial charge in [-0.2, -0.15) is 16.7 Å². The van der Waals surface area contributed by atoms with Gasteiger partial charge >= 0.3 is 0 Å². The molecule has 1 atom stereocenters. The summed E-state index contributed by atoms with van der Waals surface area (Å²) in [5, 5.41) is 4.52. The highest BCUT2D eigenvalue weighted by molar-refractivity contribution is 7.99. The van der Waals surface area contributed by atoms with Gasteiger partial charge in [-0.15, -0.1) is 0 Å². The van der Waals surface area contributed by atoms with Crippen LogP contribution in [0.1, 0.15) is 35.4 Å². The highest BCUT2D eigenvalue weighted by Gasteiger charge is 2.22. The van der Waals surface area contributed by atoms with E-state index in [9.17, 15) is 0 Å². The molecule has 0 amide bonds. The molecule has 5 heteroatoms. The second-order valence-corrected chi connectivity index (χ2v) is 6.06. The number of thioether (sulfide) groups is 1. The van der Waals surface area contributed by atoms with Gasteiger partial charge in [-0.3, -0.25) is 0 Å². The van der Waals surface area contributed by atoms with Gasteiger partial charge < -0.3 is 10.3 Å². The Bertz CT molecular complexity index is 549. The van der Waals surface area contributed by atoms with Crippen molar-refractivity contribution in [2.75, 3.05) is 11.5 Å². The zero-order valence-electron chi connectivity index (χ0n) is 10.7. The Kier molecular flexibility index (Phi) is 3.73. The summed E-state index contributed by atoms with van der Waals surface area (Å²) in [7, 11) is 0. The Labute approximate surface area is 116 Å². The molecule has 0 spiro atoms. The summed E-state index contributed by atoms with van der Waals surface area (Å²) in [6, 6.07) is 7.91. The van der Waals surface area contributed by atoms with Crippen molar-refractivity contribution in [3.63, 3.8) is 0 Å². The summed E-state index contributed by atoms with van der Waals surface area (Å²) in [4.78, 5) is 4.50. The van der Waals surface area contributed by atoms with Crippen molar-refractivity contribution in [3.8, 4) is 0 Å². The molecule has 4 nitrogen and oxygen atoms in total. The molecule has 19 heavy (non-hydrogen) atoms. The SMILES string of the molecule is Nc1ccccc1CCc1nc(C2CCCS2)no1. The summed E-state index contributed by atoms with van der Waals surface area (Å²) in [6.07, 6.45) is 4.00. The van der Waals surface area contributed by atoms with Crippen LogP contribution < -0.4 is 5.73 Å². The van der Waals surface area contributed by atoms with Gasteiger partial charge in [-0.05, 0) is 36.6 Å². The van der Waals surface area contributed by atoms with E-state index in [0.717, 1.165) is 36.3 Å². The average Bonchev–Trinajstić information content (AvgIpc) is 3.09. The molecule has 1 aromatic carbocycles. The molecule has 0 radical (unpaired) electrons. The second kappa shape index (κ2) is 5.65. The third-order valence-corrected chi connectivity index (χ3v) is 4.74. The summed E-state index contributed by atoms with van der Waals surface area (Å²) in [6.45, 7) is 0. The molecule has 1 aromatic heterocycles. The van der Waals surface area contributed by atoms with Crippen LogP contribution in [0.3, 0.4) is 0 Å². The van der Waals surface area contributed by atoms with Crippen molar-refractivity contribution in [1.82, 2.24) is 10.1 Å². The maximum Gasteiger partial charge on any atom is 0.227 e. The summed E-state index contributed by atoms with van der Waals surface area (Å²) < 4.78 is 5.32. The number of para-hydroxylation sites is 1. The number of nitrogen functional groups attached to an aromatic ring is 1. The first-order valence-corrected chi connectivity index (χ1v) is 7.65. The Balaban J connectivity index is 1.63. The van der Waals surface area contributed by atoms with Gasteiger partial charge in [0.05, 0.1) is 5.25 Å². The lowest BCUT2D eigenvalue weighted by molar-refractivity contribution is 0.372. The Morgan fingerprint density at radius 2 is 2.21 bits per heavy atom. The molecule has 2 heterocycles.